The zero-order valence-electron chi connectivity index (χ0n) is 10.8. The zero-order chi connectivity index (χ0) is 12.3. The van der Waals surface area contributed by atoms with Gasteiger partial charge in [-0.1, -0.05) is 63.4 Å². The van der Waals surface area contributed by atoms with Gasteiger partial charge in [-0.25, -0.2) is 0 Å². The number of nitrogens with zero attached hydrogens (tertiary/aromatic N) is 2. The Morgan fingerprint density at radius 2 is 1.53 bits per heavy atom. The summed E-state index contributed by atoms with van der Waals surface area (Å²) in [6.45, 7) is 2.26. The van der Waals surface area contributed by atoms with Crippen molar-refractivity contribution in [3.63, 3.8) is 0 Å². The lowest BCUT2D eigenvalue weighted by Gasteiger charge is -2.00. The molecule has 3 nitrogen and oxygen atoms in total. The summed E-state index contributed by atoms with van der Waals surface area (Å²) in [5.41, 5.74) is 0. The third-order valence-corrected chi connectivity index (χ3v) is 3.38. The van der Waals surface area contributed by atoms with Crippen molar-refractivity contribution >= 4 is 22.6 Å². The van der Waals surface area contributed by atoms with Gasteiger partial charge in [0.05, 0.1) is 0 Å². The fourth-order valence-corrected chi connectivity index (χ4v) is 2.29. The molecule has 98 valence electrons. The van der Waals surface area contributed by atoms with E-state index >= 15 is 0 Å². The summed E-state index contributed by atoms with van der Waals surface area (Å²) in [7, 11) is 0. The van der Waals surface area contributed by atoms with Gasteiger partial charge in [0.15, 0.2) is 0 Å². The van der Waals surface area contributed by atoms with Gasteiger partial charge >= 0.3 is 0 Å². The van der Waals surface area contributed by atoms with E-state index in [0.29, 0.717) is 3.83 Å². The lowest BCUT2D eigenvalue weighted by Crippen LogP contribution is -1.87. The minimum atomic E-state index is 0.716. The Hall–Kier alpha value is -0.130. The molecular formula is C13H23IN2O. The summed E-state index contributed by atoms with van der Waals surface area (Å²) in [4.78, 5) is 4.19. The quantitative estimate of drug-likeness (QED) is 0.452. The molecule has 0 unspecified atom stereocenters. The molecule has 4 heteroatoms. The fraction of sp³-hybridized carbons (Fsp3) is 0.846. The highest BCUT2D eigenvalue weighted by atomic mass is 127. The predicted molar refractivity (Wildman–Crippen MR) is 77.9 cm³/mol. The first kappa shape index (κ1) is 14.9. The Balaban J connectivity index is 1.84. The average Bonchev–Trinajstić information content (AvgIpc) is 2.73. The van der Waals surface area contributed by atoms with Gasteiger partial charge in [-0.05, 0) is 6.42 Å². The van der Waals surface area contributed by atoms with E-state index in [0.717, 1.165) is 12.3 Å². The highest BCUT2D eigenvalue weighted by molar-refractivity contribution is 14.1. The summed E-state index contributed by atoms with van der Waals surface area (Å²) in [5.74, 6) is 0.789. The molecular weight excluding hydrogens is 327 g/mol. The number of halogens is 1. The molecule has 0 aliphatic heterocycles. The van der Waals surface area contributed by atoms with Crippen LogP contribution in [0.15, 0.2) is 4.52 Å². The van der Waals surface area contributed by atoms with Gasteiger partial charge in [0.2, 0.25) is 9.72 Å². The SMILES string of the molecule is CCCCCCCCCCCc1nc(I)no1. The van der Waals surface area contributed by atoms with Crippen molar-refractivity contribution in [1.29, 1.82) is 0 Å². The van der Waals surface area contributed by atoms with Crippen LogP contribution in [0.4, 0.5) is 0 Å². The highest BCUT2D eigenvalue weighted by Crippen LogP contribution is 2.11. The Bertz CT molecular complexity index is 289. The summed E-state index contributed by atoms with van der Waals surface area (Å²) >= 11 is 2.07. The van der Waals surface area contributed by atoms with Crippen LogP contribution in [0.5, 0.6) is 0 Å². The average molecular weight is 350 g/mol. The van der Waals surface area contributed by atoms with Gasteiger partial charge in [-0.2, -0.15) is 4.98 Å². The van der Waals surface area contributed by atoms with Crippen molar-refractivity contribution in [2.45, 2.75) is 71.1 Å². The van der Waals surface area contributed by atoms with Crippen LogP contribution in [0.1, 0.15) is 70.6 Å². The van der Waals surface area contributed by atoms with Crippen molar-refractivity contribution < 1.29 is 4.52 Å². The maximum atomic E-state index is 5.07. The van der Waals surface area contributed by atoms with Gasteiger partial charge < -0.3 is 4.52 Å². The lowest BCUT2D eigenvalue weighted by atomic mass is 10.1. The molecule has 0 spiro atoms. The molecule has 1 aromatic heterocycles. The Labute approximate surface area is 118 Å². The largest absolute Gasteiger partial charge is 0.339 e. The third kappa shape index (κ3) is 7.73. The summed E-state index contributed by atoms with van der Waals surface area (Å²) in [6, 6.07) is 0. The number of unbranched alkanes of at least 4 members (excludes halogenated alkanes) is 8. The summed E-state index contributed by atoms with van der Waals surface area (Å²) < 4.78 is 5.78. The number of aromatic nitrogens is 2. The van der Waals surface area contributed by atoms with E-state index in [9.17, 15) is 0 Å². The van der Waals surface area contributed by atoms with Gasteiger partial charge in [0, 0.05) is 29.0 Å². The first-order chi connectivity index (χ1) is 8.33. The molecule has 0 N–H and O–H groups in total. The molecule has 0 amide bonds. The number of rotatable bonds is 10. The maximum absolute atomic E-state index is 5.07. The molecule has 0 saturated carbocycles. The van der Waals surface area contributed by atoms with Crippen LogP contribution in [-0.2, 0) is 6.42 Å². The molecule has 17 heavy (non-hydrogen) atoms. The van der Waals surface area contributed by atoms with Gasteiger partial charge in [-0.3, -0.25) is 0 Å². The maximum Gasteiger partial charge on any atom is 0.232 e. The number of aryl methyl sites for hydroxylation is 1. The zero-order valence-corrected chi connectivity index (χ0v) is 12.9. The van der Waals surface area contributed by atoms with Crippen LogP contribution in [0.2, 0.25) is 0 Å². The molecule has 1 rings (SSSR count). The fourth-order valence-electron chi connectivity index (χ4n) is 1.92. The third-order valence-electron chi connectivity index (χ3n) is 2.94. The van der Waals surface area contributed by atoms with Crippen molar-refractivity contribution in [2.24, 2.45) is 0 Å². The first-order valence-corrected chi connectivity index (χ1v) is 7.89. The Morgan fingerprint density at radius 1 is 0.941 bits per heavy atom. The standard InChI is InChI=1S/C13H23IN2O/c1-2-3-4-5-6-7-8-9-10-11-12-15-13(14)16-17-12/h2-11H2,1H3. The van der Waals surface area contributed by atoms with Crippen LogP contribution in [0.25, 0.3) is 0 Å². The molecule has 1 aromatic rings. The van der Waals surface area contributed by atoms with E-state index in [2.05, 4.69) is 39.7 Å². The van der Waals surface area contributed by atoms with Crippen molar-refractivity contribution in [3.8, 4) is 0 Å². The van der Waals surface area contributed by atoms with Gasteiger partial charge in [0.1, 0.15) is 0 Å². The highest BCUT2D eigenvalue weighted by Gasteiger charge is 2.02. The van der Waals surface area contributed by atoms with E-state index in [4.69, 9.17) is 4.52 Å². The molecule has 0 atom stereocenters. The minimum Gasteiger partial charge on any atom is -0.339 e. The Kier molecular flexibility index (Phi) is 8.65. The van der Waals surface area contributed by atoms with Crippen molar-refractivity contribution in [1.82, 2.24) is 10.1 Å². The summed E-state index contributed by atoms with van der Waals surface area (Å²) in [6.07, 6.45) is 13.1. The minimum absolute atomic E-state index is 0.716. The van der Waals surface area contributed by atoms with E-state index in [1.807, 2.05) is 0 Å². The first-order valence-electron chi connectivity index (χ1n) is 6.81. The van der Waals surface area contributed by atoms with E-state index in [1.54, 1.807) is 0 Å². The second-order valence-corrected chi connectivity index (χ2v) is 5.50. The second kappa shape index (κ2) is 9.85. The molecule has 0 fully saturated rings. The predicted octanol–water partition coefficient (Wildman–Crippen LogP) is 4.75. The topological polar surface area (TPSA) is 38.9 Å². The van der Waals surface area contributed by atoms with Gasteiger partial charge in [0.25, 0.3) is 0 Å². The van der Waals surface area contributed by atoms with Crippen LogP contribution in [-0.4, -0.2) is 10.1 Å². The van der Waals surface area contributed by atoms with Crippen LogP contribution in [0, 0.1) is 3.83 Å². The monoisotopic (exact) mass is 350 g/mol. The molecule has 0 saturated heterocycles. The molecule has 0 bridgehead atoms. The van der Waals surface area contributed by atoms with Crippen LogP contribution in [0.3, 0.4) is 0 Å². The van der Waals surface area contributed by atoms with E-state index in [-0.39, 0.29) is 0 Å². The molecule has 0 aromatic carbocycles. The molecule has 0 aliphatic carbocycles. The lowest BCUT2D eigenvalue weighted by molar-refractivity contribution is 0.370. The summed E-state index contributed by atoms with van der Waals surface area (Å²) in [5, 5.41) is 3.77. The Morgan fingerprint density at radius 3 is 2.06 bits per heavy atom. The van der Waals surface area contributed by atoms with Crippen molar-refractivity contribution in [3.05, 3.63) is 9.72 Å². The second-order valence-electron chi connectivity index (χ2n) is 4.54. The molecule has 0 aliphatic rings. The van der Waals surface area contributed by atoms with Crippen LogP contribution < -0.4 is 0 Å². The smallest absolute Gasteiger partial charge is 0.232 e. The normalized spacial score (nSPS) is 10.9. The number of hydrogen-bond donors (Lipinski definition) is 0. The van der Waals surface area contributed by atoms with E-state index < -0.39 is 0 Å². The molecule has 0 radical (unpaired) electrons. The van der Waals surface area contributed by atoms with Gasteiger partial charge in [-0.15, -0.1) is 0 Å². The molecule has 1 heterocycles. The van der Waals surface area contributed by atoms with E-state index in [1.165, 1.54) is 57.8 Å². The number of hydrogen-bond acceptors (Lipinski definition) is 3. The van der Waals surface area contributed by atoms with Crippen molar-refractivity contribution in [2.75, 3.05) is 0 Å². The van der Waals surface area contributed by atoms with Crippen LogP contribution >= 0.6 is 22.6 Å².